The van der Waals surface area contributed by atoms with Gasteiger partial charge in [0.15, 0.2) is 0 Å². The molecule has 2 aromatic rings. The van der Waals surface area contributed by atoms with Crippen LogP contribution in [0.15, 0.2) is 41.6 Å². The Hall–Kier alpha value is -1.86. The fourth-order valence-corrected chi connectivity index (χ4v) is 3.12. The van der Waals surface area contributed by atoms with Crippen molar-refractivity contribution in [3.8, 4) is 0 Å². The van der Waals surface area contributed by atoms with Crippen LogP contribution >= 0.6 is 0 Å². The van der Waals surface area contributed by atoms with Crippen molar-refractivity contribution in [1.29, 1.82) is 0 Å². The highest BCUT2D eigenvalue weighted by Crippen LogP contribution is 2.20. The molecule has 0 fully saturated rings. The average molecular weight is 308 g/mol. The average Bonchev–Trinajstić information content (AvgIpc) is 2.85. The molecule has 0 aromatic carbocycles. The van der Waals surface area contributed by atoms with E-state index in [-0.39, 0.29) is 10.9 Å². The Morgan fingerprint density at radius 1 is 1.33 bits per heavy atom. The second kappa shape index (κ2) is 6.28. The fourth-order valence-electron chi connectivity index (χ4n) is 2.07. The number of hydrogen-bond acceptors (Lipinski definition) is 4. The molecule has 2 heterocycles. The largest absolute Gasteiger partial charge is 0.346 e. The van der Waals surface area contributed by atoms with Gasteiger partial charge in [0.25, 0.3) is 10.0 Å². The van der Waals surface area contributed by atoms with Crippen LogP contribution in [0.25, 0.3) is 0 Å². The van der Waals surface area contributed by atoms with E-state index in [1.165, 1.54) is 0 Å². The summed E-state index contributed by atoms with van der Waals surface area (Å²) in [6.45, 7) is 4.64. The molecule has 2 aromatic heterocycles. The molecule has 2 rings (SSSR count). The third-order valence-electron chi connectivity index (χ3n) is 3.04. The predicted octanol–water partition coefficient (Wildman–Crippen LogP) is 1.98. The van der Waals surface area contributed by atoms with E-state index in [9.17, 15) is 8.42 Å². The molecule has 0 amide bonds. The number of anilines is 1. The number of rotatable bonds is 6. The highest BCUT2D eigenvalue weighted by Gasteiger charge is 2.19. The second-order valence-electron chi connectivity index (χ2n) is 5.02. The van der Waals surface area contributed by atoms with E-state index >= 15 is 0 Å². The molecule has 114 valence electrons. The fraction of sp³-hybridized carbons (Fsp3) is 0.357. The van der Waals surface area contributed by atoms with Gasteiger partial charge in [-0.1, -0.05) is 6.07 Å². The lowest BCUT2D eigenvalue weighted by Gasteiger charge is -2.12. The summed E-state index contributed by atoms with van der Waals surface area (Å²) in [5.41, 5.74) is 0.925. The van der Waals surface area contributed by atoms with Gasteiger partial charge in [0, 0.05) is 30.7 Å². The summed E-state index contributed by atoms with van der Waals surface area (Å²) in [6, 6.07) is 6.95. The lowest BCUT2D eigenvalue weighted by atomic mass is 10.3. The van der Waals surface area contributed by atoms with E-state index in [0.29, 0.717) is 12.4 Å². The number of sulfonamides is 1. The third-order valence-corrected chi connectivity index (χ3v) is 4.36. The van der Waals surface area contributed by atoms with Gasteiger partial charge in [-0.25, -0.2) is 13.4 Å². The molecule has 21 heavy (non-hydrogen) atoms. The summed E-state index contributed by atoms with van der Waals surface area (Å²) in [5.74, 6) is 0.310. The van der Waals surface area contributed by atoms with E-state index in [1.807, 2.05) is 25.5 Å². The van der Waals surface area contributed by atoms with Crippen LogP contribution in [0.1, 0.15) is 25.6 Å². The van der Waals surface area contributed by atoms with Gasteiger partial charge in [0.1, 0.15) is 10.7 Å². The van der Waals surface area contributed by atoms with Crippen molar-refractivity contribution in [3.05, 3.63) is 42.4 Å². The van der Waals surface area contributed by atoms with E-state index < -0.39 is 10.0 Å². The molecular formula is C14H20N4O2S. The molecule has 0 spiro atoms. The second-order valence-corrected chi connectivity index (χ2v) is 6.70. The first kappa shape index (κ1) is 15.5. The Kier molecular flexibility index (Phi) is 4.64. The molecule has 6 nitrogen and oxygen atoms in total. The van der Waals surface area contributed by atoms with Gasteiger partial charge in [-0.3, -0.25) is 4.72 Å². The van der Waals surface area contributed by atoms with Crippen LogP contribution in [-0.2, 0) is 16.6 Å². The van der Waals surface area contributed by atoms with E-state index in [4.69, 9.17) is 0 Å². The zero-order valence-electron chi connectivity index (χ0n) is 12.4. The predicted molar refractivity (Wildman–Crippen MR) is 82.6 cm³/mol. The molecule has 0 saturated heterocycles. The molecule has 0 aliphatic carbocycles. The standard InChI is InChI=1S/C14H20N4O2S/c1-11(2)18-10-13(8-12(18)9-15-3)21(19,20)17-14-6-4-5-7-16-14/h4-8,10-11,15H,9H2,1-3H3,(H,16,17). The van der Waals surface area contributed by atoms with E-state index in [2.05, 4.69) is 15.0 Å². The van der Waals surface area contributed by atoms with E-state index in [0.717, 1.165) is 5.69 Å². The van der Waals surface area contributed by atoms with Gasteiger partial charge in [-0.05, 0) is 39.1 Å². The van der Waals surface area contributed by atoms with Crippen LogP contribution in [0.4, 0.5) is 5.82 Å². The summed E-state index contributed by atoms with van der Waals surface area (Å²) >= 11 is 0. The van der Waals surface area contributed by atoms with Crippen molar-refractivity contribution < 1.29 is 8.42 Å². The number of pyridine rings is 1. The molecule has 0 saturated carbocycles. The molecule has 0 atom stereocenters. The summed E-state index contributed by atoms with van der Waals surface area (Å²) in [5, 5.41) is 3.05. The minimum absolute atomic E-state index is 0.187. The van der Waals surface area contributed by atoms with Crippen LogP contribution in [0, 0.1) is 0 Å². The molecule has 0 aliphatic rings. The SMILES string of the molecule is CNCc1cc(S(=O)(=O)Nc2ccccn2)cn1C(C)C. The van der Waals surface area contributed by atoms with Crippen LogP contribution in [0.2, 0.25) is 0 Å². The minimum Gasteiger partial charge on any atom is -0.346 e. The minimum atomic E-state index is -3.63. The normalized spacial score (nSPS) is 11.8. The Bertz CT molecular complexity index is 693. The maximum absolute atomic E-state index is 12.4. The van der Waals surface area contributed by atoms with Crippen LogP contribution in [0.3, 0.4) is 0 Å². The lowest BCUT2D eigenvalue weighted by Crippen LogP contribution is -2.13. The van der Waals surface area contributed by atoms with Crippen LogP contribution < -0.4 is 10.0 Å². The van der Waals surface area contributed by atoms with Gasteiger partial charge in [0.2, 0.25) is 0 Å². The Balaban J connectivity index is 2.34. The summed E-state index contributed by atoms with van der Waals surface area (Å²) < 4.78 is 29.2. The summed E-state index contributed by atoms with van der Waals surface area (Å²) in [4.78, 5) is 4.22. The number of hydrogen-bond donors (Lipinski definition) is 2. The Labute approximate surface area is 125 Å². The van der Waals surface area contributed by atoms with Gasteiger partial charge in [0.05, 0.1) is 0 Å². The first-order valence-corrected chi connectivity index (χ1v) is 8.21. The molecule has 0 bridgehead atoms. The van der Waals surface area contributed by atoms with Crippen LogP contribution in [-0.4, -0.2) is 25.0 Å². The smallest absolute Gasteiger partial charge is 0.264 e. The Morgan fingerprint density at radius 2 is 2.10 bits per heavy atom. The summed E-state index contributed by atoms with van der Waals surface area (Å²) in [6.07, 6.45) is 3.20. The van der Waals surface area contributed by atoms with Crippen molar-refractivity contribution >= 4 is 15.8 Å². The van der Waals surface area contributed by atoms with Gasteiger partial charge in [-0.15, -0.1) is 0 Å². The third kappa shape index (κ3) is 3.62. The lowest BCUT2D eigenvalue weighted by molar-refractivity contribution is 0.562. The molecule has 0 aliphatic heterocycles. The van der Waals surface area contributed by atoms with Gasteiger partial charge < -0.3 is 9.88 Å². The summed E-state index contributed by atoms with van der Waals surface area (Å²) in [7, 11) is -1.80. The van der Waals surface area contributed by atoms with Crippen LogP contribution in [0.5, 0.6) is 0 Å². The number of nitrogens with zero attached hydrogens (tertiary/aromatic N) is 2. The molecule has 7 heteroatoms. The first-order chi connectivity index (χ1) is 9.94. The maximum Gasteiger partial charge on any atom is 0.264 e. The molecular weight excluding hydrogens is 288 g/mol. The van der Waals surface area contributed by atoms with Gasteiger partial charge >= 0.3 is 0 Å². The highest BCUT2D eigenvalue weighted by molar-refractivity contribution is 7.92. The van der Waals surface area contributed by atoms with Crippen molar-refractivity contribution in [2.24, 2.45) is 0 Å². The molecule has 0 radical (unpaired) electrons. The first-order valence-electron chi connectivity index (χ1n) is 6.73. The zero-order chi connectivity index (χ0) is 15.5. The highest BCUT2D eigenvalue weighted by atomic mass is 32.2. The van der Waals surface area contributed by atoms with Gasteiger partial charge in [-0.2, -0.15) is 0 Å². The van der Waals surface area contributed by atoms with Crippen molar-refractivity contribution in [3.63, 3.8) is 0 Å². The number of nitrogens with one attached hydrogen (secondary N) is 2. The topological polar surface area (TPSA) is 76.0 Å². The molecule has 0 unspecified atom stereocenters. The maximum atomic E-state index is 12.4. The van der Waals surface area contributed by atoms with Crippen molar-refractivity contribution in [1.82, 2.24) is 14.9 Å². The Morgan fingerprint density at radius 3 is 2.67 bits per heavy atom. The number of aromatic nitrogens is 2. The zero-order valence-corrected chi connectivity index (χ0v) is 13.2. The van der Waals surface area contributed by atoms with Crippen molar-refractivity contribution in [2.45, 2.75) is 31.3 Å². The monoisotopic (exact) mass is 308 g/mol. The van der Waals surface area contributed by atoms with E-state index in [1.54, 1.807) is 36.7 Å². The molecule has 2 N–H and O–H groups in total. The quantitative estimate of drug-likeness (QED) is 0.855. The van der Waals surface area contributed by atoms with Crippen molar-refractivity contribution in [2.75, 3.05) is 11.8 Å².